The van der Waals surface area contributed by atoms with Crippen LogP contribution in [0.25, 0.3) is 0 Å². The number of epoxide rings is 1. The van der Waals surface area contributed by atoms with Crippen molar-refractivity contribution in [3.05, 3.63) is 0 Å². The van der Waals surface area contributed by atoms with Gasteiger partial charge in [0, 0.05) is 0 Å². The molecule has 3 N–H and O–H groups in total. The predicted octanol–water partition coefficient (Wildman–Crippen LogP) is -1.23. The highest BCUT2D eigenvalue weighted by atomic mass is 16.6. The van der Waals surface area contributed by atoms with Crippen molar-refractivity contribution in [2.24, 2.45) is 0 Å². The average Bonchev–Trinajstić information content (AvgIpc) is 3.08. The molecule has 6 nitrogen and oxygen atoms in total. The highest BCUT2D eigenvalue weighted by Crippen LogP contribution is 2.07. The average molecular weight is 238 g/mol. The number of hydrogen-bond acceptors (Lipinski definition) is 6. The molecule has 6 heteroatoms. The maximum Gasteiger partial charge on any atom is 0.104 e. The van der Waals surface area contributed by atoms with Gasteiger partial charge in [-0.15, -0.1) is 0 Å². The SMILES string of the molecule is CC(O)CO.OCCOCCOCC1CO1. The molecule has 2 unspecified atom stereocenters. The molecule has 16 heavy (non-hydrogen) atoms. The van der Waals surface area contributed by atoms with Crippen molar-refractivity contribution in [1.29, 1.82) is 0 Å². The number of hydrogen-bond donors (Lipinski definition) is 3. The lowest BCUT2D eigenvalue weighted by Gasteiger charge is -2.01. The Bertz CT molecular complexity index is 137. The number of aliphatic hydroxyl groups is 3. The van der Waals surface area contributed by atoms with Crippen LogP contribution >= 0.6 is 0 Å². The molecular weight excluding hydrogens is 216 g/mol. The van der Waals surface area contributed by atoms with Crippen LogP contribution in [0.2, 0.25) is 0 Å². The Balaban J connectivity index is 0.000000385. The molecule has 1 aliphatic rings. The minimum absolute atomic E-state index is 0.0751. The van der Waals surface area contributed by atoms with Crippen molar-refractivity contribution >= 4 is 0 Å². The number of ether oxygens (including phenoxy) is 3. The van der Waals surface area contributed by atoms with E-state index < -0.39 is 6.10 Å². The Morgan fingerprint density at radius 3 is 2.25 bits per heavy atom. The van der Waals surface area contributed by atoms with Gasteiger partial charge in [0.05, 0.1) is 52.4 Å². The predicted molar refractivity (Wildman–Crippen MR) is 57.2 cm³/mol. The van der Waals surface area contributed by atoms with Gasteiger partial charge in [0.2, 0.25) is 0 Å². The summed E-state index contributed by atoms with van der Waals surface area (Å²) in [7, 11) is 0. The van der Waals surface area contributed by atoms with E-state index in [1.165, 1.54) is 6.92 Å². The van der Waals surface area contributed by atoms with Crippen molar-refractivity contribution in [3.8, 4) is 0 Å². The van der Waals surface area contributed by atoms with Gasteiger partial charge in [-0.05, 0) is 6.92 Å². The number of aliphatic hydroxyl groups excluding tert-OH is 3. The van der Waals surface area contributed by atoms with E-state index in [9.17, 15) is 0 Å². The van der Waals surface area contributed by atoms with E-state index in [0.29, 0.717) is 32.5 Å². The lowest BCUT2D eigenvalue weighted by atomic mass is 10.5. The van der Waals surface area contributed by atoms with Crippen molar-refractivity contribution < 1.29 is 29.5 Å². The second-order valence-corrected chi connectivity index (χ2v) is 3.40. The molecule has 1 aliphatic heterocycles. The molecule has 1 saturated heterocycles. The quantitative estimate of drug-likeness (QED) is 0.362. The van der Waals surface area contributed by atoms with Crippen LogP contribution in [0.4, 0.5) is 0 Å². The Labute approximate surface area is 95.7 Å². The Morgan fingerprint density at radius 1 is 1.25 bits per heavy atom. The van der Waals surface area contributed by atoms with E-state index in [1.54, 1.807) is 0 Å². The fourth-order valence-electron chi connectivity index (χ4n) is 0.664. The Kier molecular flexibility index (Phi) is 11.1. The minimum Gasteiger partial charge on any atom is -0.394 e. The molecule has 0 aromatic heterocycles. The highest BCUT2D eigenvalue weighted by molar-refractivity contribution is 4.66. The highest BCUT2D eigenvalue weighted by Gasteiger charge is 2.21. The Hall–Kier alpha value is -0.240. The van der Waals surface area contributed by atoms with Gasteiger partial charge >= 0.3 is 0 Å². The van der Waals surface area contributed by atoms with E-state index in [0.717, 1.165) is 6.61 Å². The zero-order valence-corrected chi connectivity index (χ0v) is 9.67. The maximum atomic E-state index is 8.34. The van der Waals surface area contributed by atoms with Crippen molar-refractivity contribution in [2.45, 2.75) is 19.1 Å². The van der Waals surface area contributed by atoms with Gasteiger partial charge in [-0.2, -0.15) is 0 Å². The third-order valence-corrected chi connectivity index (χ3v) is 1.58. The topological polar surface area (TPSA) is 91.7 Å². The summed E-state index contributed by atoms with van der Waals surface area (Å²) in [6.07, 6.45) is -0.233. The molecule has 0 spiro atoms. The summed E-state index contributed by atoms with van der Waals surface area (Å²) in [5.74, 6) is 0. The molecule has 0 saturated carbocycles. The van der Waals surface area contributed by atoms with Gasteiger partial charge in [-0.25, -0.2) is 0 Å². The van der Waals surface area contributed by atoms with E-state index in [4.69, 9.17) is 29.5 Å². The van der Waals surface area contributed by atoms with Crippen molar-refractivity contribution in [1.82, 2.24) is 0 Å². The molecule has 1 fully saturated rings. The molecule has 0 amide bonds. The van der Waals surface area contributed by atoms with Gasteiger partial charge < -0.3 is 29.5 Å². The minimum atomic E-state index is -0.560. The standard InChI is InChI=1S/C7H14O4.C3H8O2/c8-1-2-9-3-4-10-5-7-6-11-7;1-3(5)2-4/h7-8H,1-6H2;3-5H,2H2,1H3. The van der Waals surface area contributed by atoms with E-state index in [2.05, 4.69) is 0 Å². The largest absolute Gasteiger partial charge is 0.394 e. The van der Waals surface area contributed by atoms with Crippen molar-refractivity contribution in [2.75, 3.05) is 46.2 Å². The first-order valence-corrected chi connectivity index (χ1v) is 5.37. The second kappa shape index (κ2) is 11.3. The first-order valence-electron chi connectivity index (χ1n) is 5.37. The lowest BCUT2D eigenvalue weighted by Crippen LogP contribution is -2.09. The summed E-state index contributed by atoms with van der Waals surface area (Å²) in [5, 5.41) is 24.3. The third kappa shape index (κ3) is 13.8. The van der Waals surface area contributed by atoms with Crippen LogP contribution in [-0.2, 0) is 14.2 Å². The molecule has 0 radical (unpaired) electrons. The van der Waals surface area contributed by atoms with Crippen molar-refractivity contribution in [3.63, 3.8) is 0 Å². The third-order valence-electron chi connectivity index (χ3n) is 1.58. The van der Waals surface area contributed by atoms with Crippen LogP contribution in [0.1, 0.15) is 6.92 Å². The van der Waals surface area contributed by atoms with Crippen LogP contribution in [0.5, 0.6) is 0 Å². The molecule has 98 valence electrons. The normalized spacial score (nSPS) is 19.9. The van der Waals surface area contributed by atoms with Gasteiger partial charge in [-0.1, -0.05) is 0 Å². The van der Waals surface area contributed by atoms with E-state index in [1.807, 2.05) is 0 Å². The fraction of sp³-hybridized carbons (Fsp3) is 1.00. The summed E-state index contributed by atoms with van der Waals surface area (Å²) >= 11 is 0. The monoisotopic (exact) mass is 238 g/mol. The van der Waals surface area contributed by atoms with Crippen LogP contribution in [0.3, 0.4) is 0 Å². The maximum absolute atomic E-state index is 8.34. The fourth-order valence-corrected chi connectivity index (χ4v) is 0.664. The summed E-state index contributed by atoms with van der Waals surface area (Å²) in [6, 6.07) is 0. The lowest BCUT2D eigenvalue weighted by molar-refractivity contribution is 0.0288. The molecule has 0 aliphatic carbocycles. The molecule has 0 aromatic carbocycles. The first kappa shape index (κ1) is 15.8. The summed E-state index contributed by atoms with van der Waals surface area (Å²) < 4.78 is 15.1. The molecule has 2 atom stereocenters. The van der Waals surface area contributed by atoms with Gasteiger partial charge in [-0.3, -0.25) is 0 Å². The second-order valence-electron chi connectivity index (χ2n) is 3.40. The smallest absolute Gasteiger partial charge is 0.104 e. The Morgan fingerprint density at radius 2 is 1.81 bits per heavy atom. The molecule has 1 heterocycles. The zero-order valence-electron chi connectivity index (χ0n) is 9.67. The molecule has 0 aromatic rings. The first-order chi connectivity index (χ1) is 7.70. The number of rotatable bonds is 8. The van der Waals surface area contributed by atoms with Crippen LogP contribution in [0, 0.1) is 0 Å². The van der Waals surface area contributed by atoms with Gasteiger partial charge in [0.15, 0.2) is 0 Å². The van der Waals surface area contributed by atoms with Crippen LogP contribution < -0.4 is 0 Å². The molecule has 0 bridgehead atoms. The molecular formula is C10H22O6. The summed E-state index contributed by atoms with van der Waals surface area (Å²) in [4.78, 5) is 0. The van der Waals surface area contributed by atoms with Gasteiger partial charge in [0.25, 0.3) is 0 Å². The van der Waals surface area contributed by atoms with Crippen LogP contribution in [-0.4, -0.2) is 73.8 Å². The van der Waals surface area contributed by atoms with E-state index >= 15 is 0 Å². The van der Waals surface area contributed by atoms with E-state index in [-0.39, 0.29) is 13.2 Å². The summed E-state index contributed by atoms with van der Waals surface area (Å²) in [6.45, 7) is 4.49. The van der Waals surface area contributed by atoms with Gasteiger partial charge in [0.1, 0.15) is 6.10 Å². The molecule has 1 rings (SSSR count). The zero-order chi connectivity index (χ0) is 12.2. The van der Waals surface area contributed by atoms with Crippen LogP contribution in [0.15, 0.2) is 0 Å². The summed E-state index contributed by atoms with van der Waals surface area (Å²) in [5.41, 5.74) is 0.